The molecule has 5 aliphatic carbocycles. The highest BCUT2D eigenvalue weighted by Gasteiger charge is 2.55. The summed E-state index contributed by atoms with van der Waals surface area (Å²) in [7, 11) is 0. The molecule has 6 rings (SSSR count). The summed E-state index contributed by atoms with van der Waals surface area (Å²) in [6.07, 6.45) is 7.02. The van der Waals surface area contributed by atoms with Crippen molar-refractivity contribution in [2.75, 3.05) is 13.2 Å². The van der Waals surface area contributed by atoms with E-state index in [1.165, 1.54) is 12.8 Å². The van der Waals surface area contributed by atoms with E-state index in [2.05, 4.69) is 21.3 Å². The maximum atomic E-state index is 13.8. The molecule has 10 heteroatoms. The average Bonchev–Trinajstić information content (AvgIpc) is 2.85. The Hall–Kier alpha value is -1.00. The maximum Gasteiger partial charge on any atom is 0.246 e. The molecule has 7 atom stereocenters. The Morgan fingerprint density at radius 3 is 2.51 bits per heavy atom. The normalized spacial score (nSPS) is 45.4. The summed E-state index contributed by atoms with van der Waals surface area (Å²) in [6.45, 7) is 0.488. The molecule has 2 amide bonds. The highest BCUT2D eigenvalue weighted by molar-refractivity contribution is 6.21. The molecule has 1 heterocycles. The number of hydrogen-bond donors (Lipinski definition) is 5. The molecule has 1 aliphatic heterocycles. The summed E-state index contributed by atoms with van der Waals surface area (Å²) in [5, 5.41) is 24.0. The summed E-state index contributed by atoms with van der Waals surface area (Å²) in [6, 6.07) is 0.487. The predicted molar refractivity (Wildman–Crippen MR) is 130 cm³/mol. The minimum atomic E-state index is -1.10. The van der Waals surface area contributed by atoms with E-state index < -0.39 is 28.7 Å². The van der Waals surface area contributed by atoms with Crippen LogP contribution in [-0.2, 0) is 14.3 Å². The zero-order chi connectivity index (χ0) is 24.6. The minimum absolute atomic E-state index is 0.0507. The summed E-state index contributed by atoms with van der Waals surface area (Å²) < 4.78 is 19.5. The van der Waals surface area contributed by atoms with Crippen LogP contribution in [0.2, 0.25) is 0 Å². The van der Waals surface area contributed by atoms with Crippen molar-refractivity contribution in [2.45, 2.75) is 130 Å². The lowest BCUT2D eigenvalue weighted by Gasteiger charge is -2.56. The fourth-order valence-corrected chi connectivity index (χ4v) is 7.27. The quantitative estimate of drug-likeness (QED) is 0.343. The largest absolute Gasteiger partial charge is 0.391 e. The average molecular weight is 515 g/mol. The topological polar surface area (TPSA) is 112 Å². The molecule has 8 nitrogen and oxygen atoms in total. The van der Waals surface area contributed by atoms with Gasteiger partial charge in [-0.05, 0) is 57.8 Å². The zero-order valence-corrected chi connectivity index (χ0v) is 21.1. The number of hydrogen-bond acceptors (Lipinski definition) is 6. The first-order chi connectivity index (χ1) is 16.8. The second-order valence-corrected chi connectivity index (χ2v) is 12.2. The summed E-state index contributed by atoms with van der Waals surface area (Å²) in [4.78, 5) is 25.8. The van der Waals surface area contributed by atoms with Crippen LogP contribution in [0.4, 0.5) is 4.39 Å². The molecule has 7 unspecified atom stereocenters. The zero-order valence-electron chi connectivity index (χ0n) is 20.4. The molecule has 6 fully saturated rings. The van der Waals surface area contributed by atoms with E-state index in [1.807, 2.05) is 0 Å². The number of halogens is 2. The maximum absolute atomic E-state index is 13.8. The van der Waals surface area contributed by atoms with Gasteiger partial charge in [0.15, 0.2) is 0 Å². The van der Waals surface area contributed by atoms with Gasteiger partial charge < -0.3 is 31.1 Å². The van der Waals surface area contributed by atoms with Gasteiger partial charge in [-0.3, -0.25) is 9.59 Å². The molecule has 0 aromatic rings. The number of carbonyl (C=O) groups is 2. The smallest absolute Gasteiger partial charge is 0.246 e. The van der Waals surface area contributed by atoms with Crippen LogP contribution in [0.1, 0.15) is 77.0 Å². The molecule has 0 spiro atoms. The predicted octanol–water partition coefficient (Wildman–Crippen LogP) is 1.42. The summed E-state index contributed by atoms with van der Waals surface area (Å²) in [5.74, 6) is -0.288. The third kappa shape index (κ3) is 5.49. The number of aliphatic hydroxyl groups is 1. The van der Waals surface area contributed by atoms with Gasteiger partial charge in [0.1, 0.15) is 12.8 Å². The van der Waals surface area contributed by atoms with Crippen molar-refractivity contribution in [3.63, 3.8) is 0 Å². The van der Waals surface area contributed by atoms with E-state index in [0.717, 1.165) is 12.8 Å². The number of nitrogens with one attached hydrogen (secondary N) is 4. The first-order valence-corrected chi connectivity index (χ1v) is 13.9. The molecule has 0 aromatic carbocycles. The first kappa shape index (κ1) is 25.6. The Bertz CT molecular complexity index is 795. The fourth-order valence-electron chi connectivity index (χ4n) is 7.04. The number of alkyl halides is 2. The van der Waals surface area contributed by atoms with Gasteiger partial charge in [-0.2, -0.15) is 0 Å². The SMILES string of the molecule is O=C(COC1CCC(Cl)C(F)C1)NC12CCC(NC(=O)C3CNC4CCCCC4N3)(CC1)C(O)C2. The molecule has 1 saturated heterocycles. The highest BCUT2D eigenvalue weighted by atomic mass is 35.5. The number of fused-ring (bicyclic) bond motifs is 4. The number of carbonyl (C=O) groups excluding carboxylic acids is 2. The Morgan fingerprint density at radius 1 is 1.06 bits per heavy atom. The van der Waals surface area contributed by atoms with Gasteiger partial charge in [0.2, 0.25) is 11.8 Å². The lowest BCUT2D eigenvalue weighted by molar-refractivity contribution is -0.140. The van der Waals surface area contributed by atoms with Crippen molar-refractivity contribution in [3.8, 4) is 0 Å². The number of aliphatic hydroxyl groups excluding tert-OH is 1. The summed E-state index contributed by atoms with van der Waals surface area (Å²) >= 11 is 5.93. The van der Waals surface area contributed by atoms with Gasteiger partial charge in [0, 0.05) is 30.6 Å². The van der Waals surface area contributed by atoms with Crippen LogP contribution in [0.15, 0.2) is 0 Å². The first-order valence-electron chi connectivity index (χ1n) is 13.5. The second-order valence-electron chi connectivity index (χ2n) is 11.6. The van der Waals surface area contributed by atoms with Crippen LogP contribution in [0, 0.1) is 0 Å². The van der Waals surface area contributed by atoms with Gasteiger partial charge in [-0.15, -0.1) is 11.6 Å². The lowest BCUT2D eigenvalue weighted by Crippen LogP contribution is -2.73. The van der Waals surface area contributed by atoms with Crippen molar-refractivity contribution in [2.24, 2.45) is 0 Å². The van der Waals surface area contributed by atoms with Crippen LogP contribution in [0.25, 0.3) is 0 Å². The second kappa shape index (κ2) is 10.4. The molecule has 2 bridgehead atoms. The Kier molecular flexibility index (Phi) is 7.62. The molecular formula is C25H40ClFN4O4. The van der Waals surface area contributed by atoms with E-state index >= 15 is 0 Å². The number of rotatable bonds is 6. The monoisotopic (exact) mass is 514 g/mol. The van der Waals surface area contributed by atoms with E-state index in [9.17, 15) is 19.1 Å². The molecule has 5 saturated carbocycles. The van der Waals surface area contributed by atoms with E-state index in [1.54, 1.807) is 0 Å². The standard InChI is InChI=1S/C25H40ClFN4O4/c26-16-6-5-15(11-17(16)27)35-14-22(33)30-24-7-9-25(10-8-24,21(32)12-24)31-23(34)20-13-28-18-3-1-2-4-19(18)29-20/h15-21,28-29,32H,1-14H2,(H,30,33)(H,31,34). The molecular weight excluding hydrogens is 475 g/mol. The molecule has 0 aromatic heterocycles. The van der Waals surface area contributed by atoms with Crippen LogP contribution in [0.5, 0.6) is 0 Å². The fraction of sp³-hybridized carbons (Fsp3) is 0.920. The number of ether oxygens (including phenoxy) is 1. The van der Waals surface area contributed by atoms with Crippen LogP contribution < -0.4 is 21.3 Å². The molecule has 0 radical (unpaired) electrons. The van der Waals surface area contributed by atoms with Crippen LogP contribution >= 0.6 is 11.6 Å². The lowest BCUT2D eigenvalue weighted by atomic mass is 9.59. The van der Waals surface area contributed by atoms with Crippen molar-refractivity contribution in [3.05, 3.63) is 0 Å². The van der Waals surface area contributed by atoms with Gasteiger partial charge in [-0.1, -0.05) is 12.8 Å². The van der Waals surface area contributed by atoms with E-state index in [4.69, 9.17) is 16.3 Å². The van der Waals surface area contributed by atoms with Gasteiger partial charge in [-0.25, -0.2) is 4.39 Å². The van der Waals surface area contributed by atoms with Gasteiger partial charge in [0.05, 0.1) is 29.2 Å². The van der Waals surface area contributed by atoms with Crippen LogP contribution in [0.3, 0.4) is 0 Å². The number of amides is 2. The van der Waals surface area contributed by atoms with Crippen molar-refractivity contribution in [1.29, 1.82) is 0 Å². The van der Waals surface area contributed by atoms with E-state index in [0.29, 0.717) is 63.6 Å². The number of piperazine rings is 1. The third-order valence-electron chi connectivity index (χ3n) is 9.27. The van der Waals surface area contributed by atoms with E-state index in [-0.39, 0.29) is 37.0 Å². The van der Waals surface area contributed by atoms with Crippen molar-refractivity contribution in [1.82, 2.24) is 21.3 Å². The molecule has 6 aliphatic rings. The van der Waals surface area contributed by atoms with Gasteiger partial charge >= 0.3 is 0 Å². The molecule has 198 valence electrons. The highest BCUT2D eigenvalue weighted by Crippen LogP contribution is 2.47. The van der Waals surface area contributed by atoms with Crippen LogP contribution in [-0.4, -0.2) is 83.0 Å². The third-order valence-corrected chi connectivity index (χ3v) is 9.77. The van der Waals surface area contributed by atoms with Crippen molar-refractivity contribution >= 4 is 23.4 Å². The Balaban J connectivity index is 1.10. The summed E-state index contributed by atoms with van der Waals surface area (Å²) in [5.41, 5.74) is -1.12. The molecule has 5 N–H and O–H groups in total. The Labute approximate surface area is 211 Å². The minimum Gasteiger partial charge on any atom is -0.391 e. The van der Waals surface area contributed by atoms with Gasteiger partial charge in [0.25, 0.3) is 0 Å². The Morgan fingerprint density at radius 2 is 1.80 bits per heavy atom. The van der Waals surface area contributed by atoms with Crippen molar-refractivity contribution < 1.29 is 23.8 Å². The molecule has 35 heavy (non-hydrogen) atoms.